The van der Waals surface area contributed by atoms with Crippen LogP contribution in [-0.2, 0) is 6.54 Å². The van der Waals surface area contributed by atoms with Gasteiger partial charge >= 0.3 is 0 Å². The molecule has 0 bridgehead atoms. The Morgan fingerprint density at radius 2 is 1.65 bits per heavy atom. The quantitative estimate of drug-likeness (QED) is 0.790. The van der Waals surface area contributed by atoms with Crippen LogP contribution in [0.4, 0.5) is 0 Å². The summed E-state index contributed by atoms with van der Waals surface area (Å²) in [5.74, 6) is 0. The molecule has 0 radical (unpaired) electrons. The fourth-order valence-electron chi connectivity index (χ4n) is 2.19. The van der Waals surface area contributed by atoms with Gasteiger partial charge in [-0.2, -0.15) is 0 Å². The summed E-state index contributed by atoms with van der Waals surface area (Å²) in [7, 11) is 0. The second-order valence-electron chi connectivity index (χ2n) is 5.34. The van der Waals surface area contributed by atoms with E-state index in [9.17, 15) is 0 Å². The molecule has 0 spiro atoms. The highest BCUT2D eigenvalue weighted by molar-refractivity contribution is 6.35. The average molecular weight is 308 g/mol. The Labute approximate surface area is 130 Å². The largest absolute Gasteiger partial charge is 0.310 e. The summed E-state index contributed by atoms with van der Waals surface area (Å²) in [6, 6.07) is 12.6. The van der Waals surface area contributed by atoms with Gasteiger partial charge < -0.3 is 5.32 Å². The fraction of sp³-hybridized carbons (Fsp3) is 0.294. The molecule has 0 saturated carbocycles. The van der Waals surface area contributed by atoms with Crippen LogP contribution < -0.4 is 5.32 Å². The molecule has 1 N–H and O–H groups in total. The van der Waals surface area contributed by atoms with Crippen molar-refractivity contribution >= 4 is 23.2 Å². The first-order chi connectivity index (χ1) is 9.45. The van der Waals surface area contributed by atoms with Gasteiger partial charge in [-0.25, -0.2) is 0 Å². The van der Waals surface area contributed by atoms with Crippen LogP contribution in [0.5, 0.6) is 0 Å². The Morgan fingerprint density at radius 3 is 2.20 bits per heavy atom. The zero-order chi connectivity index (χ0) is 14.7. The predicted molar refractivity (Wildman–Crippen MR) is 88.6 cm³/mol. The first kappa shape index (κ1) is 15.4. The van der Waals surface area contributed by atoms with E-state index in [1.807, 2.05) is 12.1 Å². The van der Waals surface area contributed by atoms with E-state index in [1.54, 1.807) is 6.07 Å². The number of rotatable bonds is 4. The fourth-order valence-corrected chi connectivity index (χ4v) is 2.72. The van der Waals surface area contributed by atoms with Gasteiger partial charge in [0.2, 0.25) is 0 Å². The molecule has 0 atom stereocenters. The normalized spacial score (nSPS) is 11.1. The highest BCUT2D eigenvalue weighted by Crippen LogP contribution is 2.29. The van der Waals surface area contributed by atoms with E-state index in [4.69, 9.17) is 23.2 Å². The molecule has 0 saturated heterocycles. The van der Waals surface area contributed by atoms with Gasteiger partial charge in [-0.3, -0.25) is 0 Å². The van der Waals surface area contributed by atoms with Gasteiger partial charge in [0, 0.05) is 22.6 Å². The average Bonchev–Trinajstić information content (AvgIpc) is 2.35. The molecular formula is C17H19Cl2N. The van der Waals surface area contributed by atoms with Gasteiger partial charge in [0.15, 0.2) is 0 Å². The Hall–Kier alpha value is -1.02. The maximum atomic E-state index is 6.07. The summed E-state index contributed by atoms with van der Waals surface area (Å²) in [4.78, 5) is 0. The van der Waals surface area contributed by atoms with E-state index in [2.05, 4.69) is 44.3 Å². The van der Waals surface area contributed by atoms with E-state index < -0.39 is 0 Å². The lowest BCUT2D eigenvalue weighted by Gasteiger charge is -2.12. The highest BCUT2D eigenvalue weighted by Gasteiger charge is 2.06. The number of benzene rings is 2. The standard InChI is InChI=1S/C17H19Cl2N/c1-11(2)20-10-13-4-5-17(12(3)6-13)14-7-15(18)9-16(19)8-14/h4-9,11,20H,10H2,1-3H3. The first-order valence-electron chi connectivity index (χ1n) is 6.75. The summed E-state index contributed by atoms with van der Waals surface area (Å²) < 4.78 is 0. The number of hydrogen-bond acceptors (Lipinski definition) is 1. The van der Waals surface area contributed by atoms with Crippen LogP contribution in [0, 0.1) is 6.92 Å². The molecule has 0 aromatic heterocycles. The van der Waals surface area contributed by atoms with Crippen molar-refractivity contribution in [2.24, 2.45) is 0 Å². The maximum absolute atomic E-state index is 6.07. The van der Waals surface area contributed by atoms with Crippen LogP contribution in [0.2, 0.25) is 10.0 Å². The minimum Gasteiger partial charge on any atom is -0.310 e. The van der Waals surface area contributed by atoms with E-state index in [0.29, 0.717) is 16.1 Å². The molecular weight excluding hydrogens is 289 g/mol. The molecule has 2 aromatic carbocycles. The van der Waals surface area contributed by atoms with Crippen molar-refractivity contribution in [1.82, 2.24) is 5.32 Å². The van der Waals surface area contributed by atoms with E-state index >= 15 is 0 Å². The molecule has 1 nitrogen and oxygen atoms in total. The molecule has 0 unspecified atom stereocenters. The highest BCUT2D eigenvalue weighted by atomic mass is 35.5. The summed E-state index contributed by atoms with van der Waals surface area (Å²) in [5, 5.41) is 4.75. The van der Waals surface area contributed by atoms with Crippen molar-refractivity contribution in [2.45, 2.75) is 33.4 Å². The van der Waals surface area contributed by atoms with Crippen molar-refractivity contribution in [1.29, 1.82) is 0 Å². The lowest BCUT2D eigenvalue weighted by molar-refractivity contribution is 0.589. The smallest absolute Gasteiger partial charge is 0.0426 e. The molecule has 0 aliphatic rings. The van der Waals surface area contributed by atoms with Gasteiger partial charge in [0.05, 0.1) is 0 Å². The molecule has 0 amide bonds. The van der Waals surface area contributed by atoms with Crippen molar-refractivity contribution in [3.05, 3.63) is 57.6 Å². The SMILES string of the molecule is Cc1cc(CNC(C)C)ccc1-c1cc(Cl)cc(Cl)c1. The molecule has 0 aliphatic heterocycles. The van der Waals surface area contributed by atoms with Crippen LogP contribution in [0.15, 0.2) is 36.4 Å². The monoisotopic (exact) mass is 307 g/mol. The Morgan fingerprint density at radius 1 is 1.00 bits per heavy atom. The second kappa shape index (κ2) is 6.62. The van der Waals surface area contributed by atoms with Crippen LogP contribution in [0.1, 0.15) is 25.0 Å². The lowest BCUT2D eigenvalue weighted by atomic mass is 9.98. The second-order valence-corrected chi connectivity index (χ2v) is 6.22. The lowest BCUT2D eigenvalue weighted by Crippen LogP contribution is -2.21. The Kier molecular flexibility index (Phi) is 5.09. The molecule has 20 heavy (non-hydrogen) atoms. The summed E-state index contributed by atoms with van der Waals surface area (Å²) in [6.07, 6.45) is 0. The molecule has 2 aromatic rings. The zero-order valence-corrected chi connectivity index (χ0v) is 13.5. The van der Waals surface area contributed by atoms with Crippen LogP contribution >= 0.6 is 23.2 Å². The third-order valence-electron chi connectivity index (χ3n) is 3.18. The van der Waals surface area contributed by atoms with Gasteiger partial charge in [0.1, 0.15) is 0 Å². The molecule has 3 heteroatoms. The minimum absolute atomic E-state index is 0.488. The molecule has 2 rings (SSSR count). The summed E-state index contributed by atoms with van der Waals surface area (Å²) in [5.41, 5.74) is 4.74. The minimum atomic E-state index is 0.488. The third kappa shape index (κ3) is 3.99. The molecule has 106 valence electrons. The van der Waals surface area contributed by atoms with E-state index in [0.717, 1.165) is 12.1 Å². The number of hydrogen-bond donors (Lipinski definition) is 1. The Bertz CT molecular complexity index is 586. The van der Waals surface area contributed by atoms with Crippen molar-refractivity contribution in [3.63, 3.8) is 0 Å². The van der Waals surface area contributed by atoms with Crippen LogP contribution in [0.3, 0.4) is 0 Å². The Balaban J connectivity index is 2.29. The van der Waals surface area contributed by atoms with Gasteiger partial charge in [-0.15, -0.1) is 0 Å². The number of nitrogens with one attached hydrogen (secondary N) is 1. The maximum Gasteiger partial charge on any atom is 0.0426 e. The van der Waals surface area contributed by atoms with Crippen molar-refractivity contribution in [2.75, 3.05) is 0 Å². The van der Waals surface area contributed by atoms with Crippen LogP contribution in [-0.4, -0.2) is 6.04 Å². The van der Waals surface area contributed by atoms with Crippen LogP contribution in [0.25, 0.3) is 11.1 Å². The van der Waals surface area contributed by atoms with Gasteiger partial charge in [-0.05, 0) is 47.4 Å². The topological polar surface area (TPSA) is 12.0 Å². The predicted octanol–water partition coefficient (Wildman–Crippen LogP) is 5.47. The number of aryl methyl sites for hydroxylation is 1. The molecule has 0 aliphatic carbocycles. The van der Waals surface area contributed by atoms with Gasteiger partial charge in [0.25, 0.3) is 0 Å². The first-order valence-corrected chi connectivity index (χ1v) is 7.50. The summed E-state index contributed by atoms with van der Waals surface area (Å²) in [6.45, 7) is 7.29. The summed E-state index contributed by atoms with van der Waals surface area (Å²) >= 11 is 12.1. The molecule has 0 heterocycles. The third-order valence-corrected chi connectivity index (χ3v) is 3.62. The van der Waals surface area contributed by atoms with E-state index in [1.165, 1.54) is 16.7 Å². The van der Waals surface area contributed by atoms with Crippen molar-refractivity contribution < 1.29 is 0 Å². The zero-order valence-electron chi connectivity index (χ0n) is 12.0. The molecule has 0 fully saturated rings. The van der Waals surface area contributed by atoms with Crippen molar-refractivity contribution in [3.8, 4) is 11.1 Å². The van der Waals surface area contributed by atoms with Gasteiger partial charge in [-0.1, -0.05) is 55.2 Å². The van der Waals surface area contributed by atoms with E-state index in [-0.39, 0.29) is 0 Å². The number of halogens is 2.